The quantitative estimate of drug-likeness (QED) is 0.820. The Bertz CT molecular complexity index is 664. The van der Waals surface area contributed by atoms with Gasteiger partial charge in [0, 0.05) is 50.3 Å². The van der Waals surface area contributed by atoms with Crippen LogP contribution in [0.15, 0.2) is 41.0 Å². The molecule has 0 aliphatic carbocycles. The van der Waals surface area contributed by atoms with Crippen LogP contribution in [-0.4, -0.2) is 62.0 Å². The summed E-state index contributed by atoms with van der Waals surface area (Å²) in [4.78, 5) is 7.15. The van der Waals surface area contributed by atoms with E-state index in [0.717, 1.165) is 63.7 Å². The van der Waals surface area contributed by atoms with Gasteiger partial charge in [0.15, 0.2) is 0 Å². The first-order valence-electron chi connectivity index (χ1n) is 9.50. The zero-order chi connectivity index (χ0) is 17.6. The van der Waals surface area contributed by atoms with Gasteiger partial charge in [-0.3, -0.25) is 4.90 Å². The zero-order valence-electron chi connectivity index (χ0n) is 15.1. The molecule has 1 N–H and O–H groups in total. The van der Waals surface area contributed by atoms with Crippen molar-refractivity contribution in [3.05, 3.63) is 42.3 Å². The van der Waals surface area contributed by atoms with Crippen molar-refractivity contribution in [1.82, 2.24) is 15.2 Å². The van der Waals surface area contributed by atoms with Crippen molar-refractivity contribution in [3.8, 4) is 11.5 Å². The molecule has 2 saturated heterocycles. The number of rotatable bonds is 7. The summed E-state index contributed by atoms with van der Waals surface area (Å²) in [6, 6.07) is 10.5. The van der Waals surface area contributed by atoms with Crippen LogP contribution in [0, 0.1) is 5.92 Å². The second-order valence-electron chi connectivity index (χ2n) is 6.98. The van der Waals surface area contributed by atoms with Crippen molar-refractivity contribution in [2.24, 2.45) is 5.92 Å². The van der Waals surface area contributed by atoms with Crippen molar-refractivity contribution in [1.29, 1.82) is 0 Å². The molecule has 1 aromatic heterocycles. The van der Waals surface area contributed by atoms with Crippen molar-refractivity contribution >= 4 is 0 Å². The lowest BCUT2D eigenvalue weighted by Crippen LogP contribution is -2.51. The topological polar surface area (TPSA) is 59.8 Å². The Morgan fingerprint density at radius 3 is 2.73 bits per heavy atom. The van der Waals surface area contributed by atoms with Crippen molar-refractivity contribution < 1.29 is 13.9 Å². The number of benzene rings is 1. The summed E-state index contributed by atoms with van der Waals surface area (Å²) < 4.78 is 16.8. The smallest absolute Gasteiger partial charge is 0.226 e. The summed E-state index contributed by atoms with van der Waals surface area (Å²) in [5.41, 5.74) is 1.94. The van der Waals surface area contributed by atoms with Gasteiger partial charge >= 0.3 is 0 Å². The van der Waals surface area contributed by atoms with Gasteiger partial charge in [-0.2, -0.15) is 0 Å². The molecule has 2 fully saturated rings. The fourth-order valence-corrected chi connectivity index (χ4v) is 3.81. The average Bonchev–Trinajstić information content (AvgIpc) is 3.39. The number of oxazole rings is 1. The lowest BCUT2D eigenvalue weighted by atomic mass is 9.97. The minimum Gasteiger partial charge on any atom is -0.444 e. The minimum atomic E-state index is 0.488. The Morgan fingerprint density at radius 1 is 1.12 bits per heavy atom. The SMILES string of the molecule is c1ccc(-c2nc(CNCC(C3CCOC3)N3CCOCC3)co2)cc1. The van der Waals surface area contributed by atoms with Gasteiger partial charge in [-0.05, 0) is 18.6 Å². The molecule has 2 atom stereocenters. The van der Waals surface area contributed by atoms with Crippen LogP contribution in [0.2, 0.25) is 0 Å². The normalized spacial score (nSPS) is 22.5. The highest BCUT2D eigenvalue weighted by atomic mass is 16.5. The third-order valence-electron chi connectivity index (χ3n) is 5.26. The van der Waals surface area contributed by atoms with Gasteiger partial charge < -0.3 is 19.2 Å². The van der Waals surface area contributed by atoms with Crippen LogP contribution < -0.4 is 5.32 Å². The molecule has 3 heterocycles. The Morgan fingerprint density at radius 2 is 1.96 bits per heavy atom. The number of nitrogens with one attached hydrogen (secondary N) is 1. The lowest BCUT2D eigenvalue weighted by molar-refractivity contribution is 0.00135. The molecule has 2 aromatic rings. The fourth-order valence-electron chi connectivity index (χ4n) is 3.81. The first kappa shape index (κ1) is 17.7. The molecule has 0 radical (unpaired) electrons. The second kappa shape index (κ2) is 8.77. The molecule has 0 bridgehead atoms. The van der Waals surface area contributed by atoms with Gasteiger partial charge in [0.2, 0.25) is 5.89 Å². The van der Waals surface area contributed by atoms with Crippen LogP contribution in [0.1, 0.15) is 12.1 Å². The summed E-state index contributed by atoms with van der Waals surface area (Å²) >= 11 is 0. The maximum atomic E-state index is 5.63. The van der Waals surface area contributed by atoms with E-state index in [2.05, 4.69) is 15.2 Å². The molecule has 6 nitrogen and oxygen atoms in total. The molecule has 4 rings (SSSR count). The second-order valence-corrected chi connectivity index (χ2v) is 6.98. The number of aromatic nitrogens is 1. The van der Waals surface area contributed by atoms with E-state index < -0.39 is 0 Å². The molecule has 26 heavy (non-hydrogen) atoms. The molecule has 6 heteroatoms. The third-order valence-corrected chi connectivity index (χ3v) is 5.26. The number of hydrogen-bond acceptors (Lipinski definition) is 6. The molecule has 140 valence electrons. The summed E-state index contributed by atoms with van der Waals surface area (Å²) in [7, 11) is 0. The van der Waals surface area contributed by atoms with Crippen LogP contribution in [0.5, 0.6) is 0 Å². The highest BCUT2D eigenvalue weighted by Crippen LogP contribution is 2.22. The standard InChI is InChI=1S/C20H27N3O3/c1-2-4-16(5-3-1)20-22-18(15-26-20)12-21-13-19(17-6-9-25-14-17)23-7-10-24-11-8-23/h1-5,15,17,19,21H,6-14H2. The maximum Gasteiger partial charge on any atom is 0.226 e. The van der Waals surface area contributed by atoms with Crippen molar-refractivity contribution in [2.75, 3.05) is 46.1 Å². The van der Waals surface area contributed by atoms with Crippen LogP contribution in [0.25, 0.3) is 11.5 Å². The highest BCUT2D eigenvalue weighted by molar-refractivity contribution is 5.52. The van der Waals surface area contributed by atoms with Crippen molar-refractivity contribution in [2.45, 2.75) is 19.0 Å². The van der Waals surface area contributed by atoms with E-state index in [1.54, 1.807) is 6.26 Å². The summed E-state index contributed by atoms with van der Waals surface area (Å²) in [5.74, 6) is 1.27. The first-order chi connectivity index (χ1) is 12.9. The van der Waals surface area contributed by atoms with Crippen LogP contribution >= 0.6 is 0 Å². The van der Waals surface area contributed by atoms with Gasteiger partial charge in [-0.25, -0.2) is 4.98 Å². The number of hydrogen-bond donors (Lipinski definition) is 1. The van der Waals surface area contributed by atoms with E-state index in [9.17, 15) is 0 Å². The van der Waals surface area contributed by atoms with Gasteiger partial charge in [-0.15, -0.1) is 0 Å². The van der Waals surface area contributed by atoms with Crippen LogP contribution in [0.4, 0.5) is 0 Å². The highest BCUT2D eigenvalue weighted by Gasteiger charge is 2.31. The van der Waals surface area contributed by atoms with E-state index >= 15 is 0 Å². The Labute approximate surface area is 154 Å². The molecular formula is C20H27N3O3. The lowest BCUT2D eigenvalue weighted by Gasteiger charge is -2.37. The van der Waals surface area contributed by atoms with E-state index in [4.69, 9.17) is 13.9 Å². The maximum absolute atomic E-state index is 5.63. The predicted octanol–water partition coefficient (Wildman–Crippen LogP) is 2.17. The Kier molecular flexibility index (Phi) is 5.96. The summed E-state index contributed by atoms with van der Waals surface area (Å²) in [5, 5.41) is 3.58. The minimum absolute atomic E-state index is 0.488. The molecule has 1 aromatic carbocycles. The third kappa shape index (κ3) is 4.32. The zero-order valence-corrected chi connectivity index (χ0v) is 15.1. The Balaban J connectivity index is 1.33. The van der Waals surface area contributed by atoms with E-state index in [1.807, 2.05) is 30.3 Å². The molecule has 2 unspecified atom stereocenters. The summed E-state index contributed by atoms with van der Waals surface area (Å²) in [6.45, 7) is 7.06. The van der Waals surface area contributed by atoms with E-state index in [1.165, 1.54) is 0 Å². The largest absolute Gasteiger partial charge is 0.444 e. The fraction of sp³-hybridized carbons (Fsp3) is 0.550. The monoisotopic (exact) mass is 357 g/mol. The van der Waals surface area contributed by atoms with Gasteiger partial charge in [0.05, 0.1) is 25.5 Å². The average molecular weight is 357 g/mol. The Hall–Kier alpha value is -1.73. The van der Waals surface area contributed by atoms with E-state index in [0.29, 0.717) is 24.4 Å². The number of nitrogens with zero attached hydrogens (tertiary/aromatic N) is 2. The van der Waals surface area contributed by atoms with E-state index in [-0.39, 0.29) is 0 Å². The van der Waals surface area contributed by atoms with Crippen LogP contribution in [-0.2, 0) is 16.0 Å². The summed E-state index contributed by atoms with van der Waals surface area (Å²) in [6.07, 6.45) is 2.89. The van der Waals surface area contributed by atoms with Crippen LogP contribution in [0.3, 0.4) is 0 Å². The number of ether oxygens (including phenoxy) is 2. The van der Waals surface area contributed by atoms with Gasteiger partial charge in [0.1, 0.15) is 6.26 Å². The molecule has 0 amide bonds. The molecule has 2 aliphatic rings. The molecular weight excluding hydrogens is 330 g/mol. The van der Waals surface area contributed by atoms with Crippen molar-refractivity contribution in [3.63, 3.8) is 0 Å². The predicted molar refractivity (Wildman–Crippen MR) is 98.8 cm³/mol. The van der Waals surface area contributed by atoms with Gasteiger partial charge in [0.25, 0.3) is 0 Å². The molecule has 0 saturated carbocycles. The molecule has 2 aliphatic heterocycles. The molecule has 0 spiro atoms. The first-order valence-corrected chi connectivity index (χ1v) is 9.50. The number of morpholine rings is 1. The van der Waals surface area contributed by atoms with Gasteiger partial charge in [-0.1, -0.05) is 18.2 Å².